The maximum atomic E-state index is 12.6. The van der Waals surface area contributed by atoms with E-state index in [1.54, 1.807) is 30.3 Å². The molecule has 0 bridgehead atoms. The Morgan fingerprint density at radius 2 is 1.66 bits per heavy atom. The highest BCUT2D eigenvalue weighted by Gasteiger charge is 2.13. The molecule has 1 heterocycles. The fraction of sp³-hybridized carbons (Fsp3) is 0.174. The standard InChI is InChI=1S/C23H23N3O3/c1-14-11-15(2)21(16(3)12-14)26-22(27)17-9-10-20(24-13-17)25-19-8-6-5-7-18(19)23(28)29-4/h5-13H,1-4H3,(H,24,25)(H,26,27). The highest BCUT2D eigenvalue weighted by molar-refractivity contribution is 6.05. The Bertz CT molecular complexity index is 1040. The number of nitrogens with one attached hydrogen (secondary N) is 2. The number of amides is 1. The molecule has 0 radical (unpaired) electrons. The van der Waals surface area contributed by atoms with Crippen LogP contribution >= 0.6 is 0 Å². The third kappa shape index (κ3) is 4.60. The van der Waals surface area contributed by atoms with Crippen molar-refractivity contribution in [3.8, 4) is 0 Å². The summed E-state index contributed by atoms with van der Waals surface area (Å²) >= 11 is 0. The molecule has 3 aromatic rings. The van der Waals surface area contributed by atoms with Crippen molar-refractivity contribution in [1.82, 2.24) is 4.98 Å². The van der Waals surface area contributed by atoms with Gasteiger partial charge in [-0.2, -0.15) is 0 Å². The van der Waals surface area contributed by atoms with Crippen LogP contribution in [0.15, 0.2) is 54.7 Å². The molecule has 29 heavy (non-hydrogen) atoms. The molecule has 0 saturated heterocycles. The van der Waals surface area contributed by atoms with E-state index in [9.17, 15) is 9.59 Å². The first-order valence-corrected chi connectivity index (χ1v) is 9.18. The van der Waals surface area contributed by atoms with Gasteiger partial charge < -0.3 is 15.4 Å². The van der Waals surface area contributed by atoms with Gasteiger partial charge in [0, 0.05) is 11.9 Å². The lowest BCUT2D eigenvalue weighted by Crippen LogP contribution is -2.14. The number of nitrogens with zero attached hydrogens (tertiary/aromatic N) is 1. The Balaban J connectivity index is 1.76. The molecule has 0 saturated carbocycles. The molecule has 0 aliphatic heterocycles. The molecule has 1 aromatic heterocycles. The lowest BCUT2D eigenvalue weighted by atomic mass is 10.0. The molecule has 6 nitrogen and oxygen atoms in total. The quantitative estimate of drug-likeness (QED) is 0.613. The van der Waals surface area contributed by atoms with E-state index < -0.39 is 5.97 Å². The molecule has 0 fully saturated rings. The average molecular weight is 389 g/mol. The number of rotatable bonds is 5. The van der Waals surface area contributed by atoms with Crippen LogP contribution in [0.4, 0.5) is 17.2 Å². The molecule has 2 N–H and O–H groups in total. The van der Waals surface area contributed by atoms with Crippen LogP contribution < -0.4 is 10.6 Å². The topological polar surface area (TPSA) is 80.3 Å². The number of para-hydroxylation sites is 1. The fourth-order valence-electron chi connectivity index (χ4n) is 3.18. The predicted octanol–water partition coefficient (Wildman–Crippen LogP) is 4.79. The van der Waals surface area contributed by atoms with Gasteiger partial charge in [-0.25, -0.2) is 9.78 Å². The van der Waals surface area contributed by atoms with E-state index in [0.29, 0.717) is 22.6 Å². The number of hydrogen-bond acceptors (Lipinski definition) is 5. The van der Waals surface area contributed by atoms with Gasteiger partial charge in [-0.15, -0.1) is 0 Å². The van der Waals surface area contributed by atoms with Crippen molar-refractivity contribution in [2.45, 2.75) is 20.8 Å². The van der Waals surface area contributed by atoms with E-state index in [0.717, 1.165) is 22.4 Å². The Morgan fingerprint density at radius 3 is 2.28 bits per heavy atom. The number of benzene rings is 2. The summed E-state index contributed by atoms with van der Waals surface area (Å²) in [4.78, 5) is 28.8. The van der Waals surface area contributed by atoms with Crippen molar-refractivity contribution in [3.05, 3.63) is 82.5 Å². The number of carbonyl (C=O) groups excluding carboxylic acids is 2. The van der Waals surface area contributed by atoms with E-state index in [2.05, 4.69) is 15.6 Å². The largest absolute Gasteiger partial charge is 0.465 e. The van der Waals surface area contributed by atoms with E-state index in [1.165, 1.54) is 13.3 Å². The number of aromatic nitrogens is 1. The Morgan fingerprint density at radius 1 is 0.966 bits per heavy atom. The van der Waals surface area contributed by atoms with Crippen molar-refractivity contribution < 1.29 is 14.3 Å². The van der Waals surface area contributed by atoms with Gasteiger partial charge in [-0.1, -0.05) is 29.8 Å². The molecule has 0 spiro atoms. The summed E-state index contributed by atoms with van der Waals surface area (Å²) in [6.07, 6.45) is 1.50. The molecule has 0 aliphatic carbocycles. The summed E-state index contributed by atoms with van der Waals surface area (Å²) in [5.74, 6) is -0.150. The van der Waals surface area contributed by atoms with Crippen LogP contribution in [0.3, 0.4) is 0 Å². The molecule has 0 aliphatic rings. The first kappa shape index (κ1) is 20.1. The number of ether oxygens (including phenoxy) is 1. The second-order valence-corrected chi connectivity index (χ2v) is 6.82. The number of esters is 1. The van der Waals surface area contributed by atoms with Gasteiger partial charge in [0.2, 0.25) is 0 Å². The average Bonchev–Trinajstić information content (AvgIpc) is 2.71. The van der Waals surface area contributed by atoms with E-state index in [-0.39, 0.29) is 5.91 Å². The maximum Gasteiger partial charge on any atom is 0.339 e. The number of carbonyl (C=O) groups is 2. The van der Waals surface area contributed by atoms with E-state index >= 15 is 0 Å². The second kappa shape index (κ2) is 8.56. The molecule has 6 heteroatoms. The maximum absolute atomic E-state index is 12.6. The second-order valence-electron chi connectivity index (χ2n) is 6.82. The van der Waals surface area contributed by atoms with Gasteiger partial charge in [0.25, 0.3) is 5.91 Å². The van der Waals surface area contributed by atoms with Crippen LogP contribution in [0.5, 0.6) is 0 Å². The van der Waals surface area contributed by atoms with Crippen molar-refractivity contribution >= 4 is 29.1 Å². The van der Waals surface area contributed by atoms with Crippen LogP contribution in [-0.4, -0.2) is 24.0 Å². The predicted molar refractivity (Wildman–Crippen MR) is 114 cm³/mol. The number of pyridine rings is 1. The number of methoxy groups -OCH3 is 1. The minimum atomic E-state index is -0.437. The summed E-state index contributed by atoms with van der Waals surface area (Å²) in [6.45, 7) is 5.97. The third-order valence-electron chi connectivity index (χ3n) is 4.54. The summed E-state index contributed by atoms with van der Waals surface area (Å²) < 4.78 is 4.80. The van der Waals surface area contributed by atoms with Crippen LogP contribution in [0.1, 0.15) is 37.4 Å². The van der Waals surface area contributed by atoms with Crippen LogP contribution in [0.25, 0.3) is 0 Å². The van der Waals surface area contributed by atoms with E-state index in [4.69, 9.17) is 4.74 Å². The van der Waals surface area contributed by atoms with Crippen molar-refractivity contribution in [2.75, 3.05) is 17.7 Å². The lowest BCUT2D eigenvalue weighted by molar-refractivity contribution is 0.0601. The minimum Gasteiger partial charge on any atom is -0.465 e. The summed E-state index contributed by atoms with van der Waals surface area (Å²) in [5.41, 5.74) is 5.43. The summed E-state index contributed by atoms with van der Waals surface area (Å²) in [6, 6.07) is 14.4. The van der Waals surface area contributed by atoms with E-state index in [1.807, 2.05) is 39.0 Å². The molecule has 1 amide bonds. The van der Waals surface area contributed by atoms with Gasteiger partial charge in [-0.3, -0.25) is 4.79 Å². The van der Waals surface area contributed by atoms with Gasteiger partial charge in [0.05, 0.1) is 23.9 Å². The SMILES string of the molecule is COC(=O)c1ccccc1Nc1ccc(C(=O)Nc2c(C)cc(C)cc2C)cn1. The van der Waals surface area contributed by atoms with Crippen LogP contribution in [-0.2, 0) is 4.74 Å². The Hall–Kier alpha value is -3.67. The molecule has 0 unspecified atom stereocenters. The number of anilines is 3. The van der Waals surface area contributed by atoms with Crippen molar-refractivity contribution in [1.29, 1.82) is 0 Å². The Labute approximate surface area is 169 Å². The van der Waals surface area contributed by atoms with Crippen molar-refractivity contribution in [2.24, 2.45) is 0 Å². The van der Waals surface area contributed by atoms with Gasteiger partial charge >= 0.3 is 5.97 Å². The smallest absolute Gasteiger partial charge is 0.339 e. The monoisotopic (exact) mass is 389 g/mol. The number of hydrogen-bond donors (Lipinski definition) is 2. The summed E-state index contributed by atoms with van der Waals surface area (Å²) in [5, 5.41) is 6.05. The third-order valence-corrected chi connectivity index (χ3v) is 4.54. The first-order valence-electron chi connectivity index (χ1n) is 9.18. The minimum absolute atomic E-state index is 0.228. The molecular formula is C23H23N3O3. The van der Waals surface area contributed by atoms with Crippen LogP contribution in [0, 0.1) is 20.8 Å². The molecule has 148 valence electrons. The highest BCUT2D eigenvalue weighted by atomic mass is 16.5. The zero-order valence-electron chi connectivity index (χ0n) is 16.9. The Kier molecular flexibility index (Phi) is 5.93. The molecular weight excluding hydrogens is 366 g/mol. The molecule has 3 rings (SSSR count). The normalized spacial score (nSPS) is 10.3. The first-order chi connectivity index (χ1) is 13.9. The summed E-state index contributed by atoms with van der Waals surface area (Å²) in [7, 11) is 1.34. The lowest BCUT2D eigenvalue weighted by Gasteiger charge is -2.13. The number of aryl methyl sites for hydroxylation is 3. The van der Waals surface area contributed by atoms with Gasteiger partial charge in [0.15, 0.2) is 0 Å². The van der Waals surface area contributed by atoms with Gasteiger partial charge in [-0.05, 0) is 56.2 Å². The zero-order valence-corrected chi connectivity index (χ0v) is 16.9. The van der Waals surface area contributed by atoms with Gasteiger partial charge in [0.1, 0.15) is 5.82 Å². The molecule has 0 atom stereocenters. The molecule has 2 aromatic carbocycles. The van der Waals surface area contributed by atoms with Crippen molar-refractivity contribution in [3.63, 3.8) is 0 Å². The highest BCUT2D eigenvalue weighted by Crippen LogP contribution is 2.23. The zero-order chi connectivity index (χ0) is 21.0. The fourth-order valence-corrected chi connectivity index (χ4v) is 3.18. The van der Waals surface area contributed by atoms with Crippen LogP contribution in [0.2, 0.25) is 0 Å².